The van der Waals surface area contributed by atoms with Crippen LogP contribution in [0.25, 0.3) is 0 Å². The predicted molar refractivity (Wildman–Crippen MR) is 78.6 cm³/mol. The fraction of sp³-hybridized carbons (Fsp3) is 0.133. The van der Waals surface area contributed by atoms with Crippen molar-refractivity contribution in [3.63, 3.8) is 0 Å². The molecule has 1 aromatic heterocycles. The Labute approximate surface area is 135 Å². The SMILES string of the molecule is O=C(NCc1ccc(F)cc1)c1cnc(C(=O)NO)c(O)c1CO. The molecule has 0 bridgehead atoms. The van der Waals surface area contributed by atoms with Gasteiger partial charge >= 0.3 is 0 Å². The molecule has 0 atom stereocenters. The van der Waals surface area contributed by atoms with E-state index in [0.717, 1.165) is 6.20 Å². The summed E-state index contributed by atoms with van der Waals surface area (Å²) < 4.78 is 12.8. The number of aromatic nitrogens is 1. The van der Waals surface area contributed by atoms with Crippen LogP contribution in [0.2, 0.25) is 0 Å². The molecule has 0 saturated heterocycles. The van der Waals surface area contributed by atoms with E-state index in [9.17, 15) is 24.2 Å². The monoisotopic (exact) mass is 335 g/mol. The molecule has 0 radical (unpaired) electrons. The van der Waals surface area contributed by atoms with Gasteiger partial charge in [-0.1, -0.05) is 12.1 Å². The number of pyridine rings is 1. The maximum atomic E-state index is 12.8. The van der Waals surface area contributed by atoms with Gasteiger partial charge in [0, 0.05) is 18.3 Å². The highest BCUT2D eigenvalue weighted by Crippen LogP contribution is 2.24. The van der Waals surface area contributed by atoms with Crippen LogP contribution in [0.15, 0.2) is 30.5 Å². The van der Waals surface area contributed by atoms with Crippen molar-refractivity contribution >= 4 is 11.8 Å². The molecule has 0 unspecified atom stereocenters. The third-order valence-electron chi connectivity index (χ3n) is 3.24. The zero-order valence-electron chi connectivity index (χ0n) is 12.3. The van der Waals surface area contributed by atoms with Crippen molar-refractivity contribution in [2.24, 2.45) is 0 Å². The Bertz CT molecular complexity index is 764. The highest BCUT2D eigenvalue weighted by molar-refractivity contribution is 5.99. The number of hydrogen-bond donors (Lipinski definition) is 5. The average Bonchev–Trinajstić information content (AvgIpc) is 2.60. The molecule has 0 aliphatic heterocycles. The van der Waals surface area contributed by atoms with Gasteiger partial charge in [0.15, 0.2) is 11.4 Å². The molecule has 5 N–H and O–H groups in total. The number of aliphatic hydroxyl groups is 1. The van der Waals surface area contributed by atoms with Crippen molar-refractivity contribution in [2.75, 3.05) is 0 Å². The molecule has 0 spiro atoms. The summed E-state index contributed by atoms with van der Waals surface area (Å²) in [4.78, 5) is 27.1. The molecule has 126 valence electrons. The quantitative estimate of drug-likeness (QED) is 0.399. The third kappa shape index (κ3) is 3.65. The highest BCUT2D eigenvalue weighted by Gasteiger charge is 2.22. The van der Waals surface area contributed by atoms with Crippen LogP contribution in [0.3, 0.4) is 0 Å². The first-order valence-electron chi connectivity index (χ1n) is 6.76. The molecule has 1 heterocycles. The van der Waals surface area contributed by atoms with Gasteiger partial charge in [-0.15, -0.1) is 0 Å². The Morgan fingerprint density at radius 2 is 1.83 bits per heavy atom. The van der Waals surface area contributed by atoms with Crippen LogP contribution in [-0.2, 0) is 13.2 Å². The van der Waals surface area contributed by atoms with Gasteiger partial charge in [-0.3, -0.25) is 14.8 Å². The molecule has 0 aliphatic rings. The zero-order chi connectivity index (χ0) is 17.7. The summed E-state index contributed by atoms with van der Waals surface area (Å²) in [6, 6.07) is 5.48. The minimum absolute atomic E-state index is 0.0869. The summed E-state index contributed by atoms with van der Waals surface area (Å²) in [7, 11) is 0. The number of hydrogen-bond acceptors (Lipinski definition) is 6. The summed E-state index contributed by atoms with van der Waals surface area (Å²) in [5.74, 6) is -2.85. The van der Waals surface area contributed by atoms with Gasteiger partial charge in [0.05, 0.1) is 12.2 Å². The first-order valence-corrected chi connectivity index (χ1v) is 6.76. The molecule has 2 amide bonds. The highest BCUT2D eigenvalue weighted by atomic mass is 19.1. The summed E-state index contributed by atoms with van der Waals surface area (Å²) in [5.41, 5.74) is 1.07. The standard InChI is InChI=1S/C15H14FN3O5/c16-9-3-1-8(2-4-9)5-18-14(22)10-6-17-12(15(23)19-24)13(21)11(10)7-20/h1-4,6,20-21,24H,5,7H2,(H,18,22)(H,19,23). The normalized spacial score (nSPS) is 10.3. The molecule has 2 aromatic rings. The topological polar surface area (TPSA) is 132 Å². The van der Waals surface area contributed by atoms with Gasteiger partial charge in [-0.05, 0) is 17.7 Å². The van der Waals surface area contributed by atoms with Gasteiger partial charge in [-0.2, -0.15) is 0 Å². The van der Waals surface area contributed by atoms with Gasteiger partial charge in [0.2, 0.25) is 0 Å². The lowest BCUT2D eigenvalue weighted by Gasteiger charge is -2.12. The van der Waals surface area contributed by atoms with Crippen molar-refractivity contribution in [2.45, 2.75) is 13.2 Å². The number of nitrogens with zero attached hydrogens (tertiary/aromatic N) is 1. The Morgan fingerprint density at radius 3 is 2.42 bits per heavy atom. The van der Waals surface area contributed by atoms with E-state index in [0.29, 0.717) is 5.56 Å². The number of aliphatic hydroxyl groups excluding tert-OH is 1. The maximum absolute atomic E-state index is 12.8. The number of carbonyl (C=O) groups is 2. The van der Waals surface area contributed by atoms with Crippen LogP contribution < -0.4 is 10.8 Å². The van der Waals surface area contributed by atoms with Crippen molar-refractivity contribution in [3.8, 4) is 5.75 Å². The summed E-state index contributed by atoms with van der Waals surface area (Å²) in [6.07, 6.45) is 0.996. The van der Waals surface area contributed by atoms with Crippen LogP contribution in [0.4, 0.5) is 4.39 Å². The number of halogens is 1. The third-order valence-corrected chi connectivity index (χ3v) is 3.24. The van der Waals surface area contributed by atoms with E-state index in [1.807, 2.05) is 0 Å². The maximum Gasteiger partial charge on any atom is 0.297 e. The summed E-state index contributed by atoms with van der Waals surface area (Å²) >= 11 is 0. The molecule has 2 rings (SSSR count). The molecule has 8 nitrogen and oxygen atoms in total. The molecule has 9 heteroatoms. The number of carbonyl (C=O) groups excluding carboxylic acids is 2. The molecular weight excluding hydrogens is 321 g/mol. The Kier molecular flexibility index (Phi) is 5.40. The number of benzene rings is 1. The second-order valence-electron chi connectivity index (χ2n) is 4.76. The van der Waals surface area contributed by atoms with Crippen LogP contribution in [0.1, 0.15) is 32.0 Å². The largest absolute Gasteiger partial charge is 0.505 e. The smallest absolute Gasteiger partial charge is 0.297 e. The van der Waals surface area contributed by atoms with Gasteiger partial charge in [0.1, 0.15) is 5.82 Å². The zero-order valence-corrected chi connectivity index (χ0v) is 12.3. The summed E-state index contributed by atoms with van der Waals surface area (Å²) in [5, 5.41) is 30.4. The first-order chi connectivity index (χ1) is 11.5. The van der Waals surface area contributed by atoms with E-state index >= 15 is 0 Å². The fourth-order valence-electron chi connectivity index (χ4n) is 1.99. The van der Waals surface area contributed by atoms with Crippen molar-refractivity contribution in [1.82, 2.24) is 15.8 Å². The Hall–Kier alpha value is -3.04. The van der Waals surface area contributed by atoms with Crippen LogP contribution in [0.5, 0.6) is 5.75 Å². The number of aromatic hydroxyl groups is 1. The number of amides is 2. The minimum atomic E-state index is -1.08. The van der Waals surface area contributed by atoms with Crippen LogP contribution >= 0.6 is 0 Å². The minimum Gasteiger partial charge on any atom is -0.505 e. The Balaban J connectivity index is 2.21. The van der Waals surface area contributed by atoms with E-state index in [1.165, 1.54) is 29.7 Å². The molecule has 0 fully saturated rings. The van der Waals surface area contributed by atoms with Gasteiger partial charge < -0.3 is 15.5 Å². The van der Waals surface area contributed by atoms with Crippen molar-refractivity contribution in [3.05, 3.63) is 58.7 Å². The molecule has 1 aromatic carbocycles. The van der Waals surface area contributed by atoms with Crippen LogP contribution in [-0.4, -0.2) is 32.2 Å². The predicted octanol–water partition coefficient (Wildman–Crippen LogP) is 0.468. The van der Waals surface area contributed by atoms with E-state index < -0.39 is 35.7 Å². The Morgan fingerprint density at radius 1 is 1.17 bits per heavy atom. The summed E-state index contributed by atoms with van der Waals surface area (Å²) in [6.45, 7) is -0.636. The van der Waals surface area contributed by atoms with E-state index in [1.54, 1.807) is 0 Å². The molecule has 0 saturated carbocycles. The second kappa shape index (κ2) is 7.49. The van der Waals surface area contributed by atoms with Gasteiger partial charge in [0.25, 0.3) is 11.8 Å². The lowest BCUT2D eigenvalue weighted by atomic mass is 10.1. The lowest BCUT2D eigenvalue weighted by Crippen LogP contribution is -2.26. The van der Waals surface area contributed by atoms with Crippen molar-refractivity contribution < 1.29 is 29.4 Å². The van der Waals surface area contributed by atoms with E-state index in [2.05, 4.69) is 10.3 Å². The molecule has 0 aliphatic carbocycles. The molecular formula is C15H14FN3O5. The number of rotatable bonds is 5. The first kappa shape index (κ1) is 17.3. The lowest BCUT2D eigenvalue weighted by molar-refractivity contribution is 0.0696. The fourth-order valence-corrected chi connectivity index (χ4v) is 1.99. The van der Waals surface area contributed by atoms with E-state index in [-0.39, 0.29) is 17.7 Å². The van der Waals surface area contributed by atoms with Gasteiger partial charge in [-0.25, -0.2) is 14.9 Å². The second-order valence-corrected chi connectivity index (χ2v) is 4.76. The van der Waals surface area contributed by atoms with Crippen LogP contribution in [0, 0.1) is 5.82 Å². The number of nitrogens with one attached hydrogen (secondary N) is 2. The number of hydroxylamine groups is 1. The molecule has 24 heavy (non-hydrogen) atoms. The van der Waals surface area contributed by atoms with E-state index in [4.69, 9.17) is 5.21 Å². The van der Waals surface area contributed by atoms with Crippen molar-refractivity contribution in [1.29, 1.82) is 0 Å². The average molecular weight is 335 g/mol.